The van der Waals surface area contributed by atoms with Crippen LogP contribution in [0.15, 0.2) is 0 Å². The van der Waals surface area contributed by atoms with Crippen LogP contribution in [0, 0.1) is 0 Å². The van der Waals surface area contributed by atoms with Crippen LogP contribution in [0.1, 0.15) is 27.2 Å². The van der Waals surface area contributed by atoms with Crippen molar-refractivity contribution >= 4 is 6.09 Å². The Kier molecular flexibility index (Phi) is 3.93. The van der Waals surface area contributed by atoms with Crippen molar-refractivity contribution in [2.75, 3.05) is 13.1 Å². The molecule has 5 heteroatoms. The molecule has 1 aliphatic heterocycles. The summed E-state index contributed by atoms with van der Waals surface area (Å²) >= 11 is 0. The first-order valence-electron chi connectivity index (χ1n) is 5.27. The monoisotopic (exact) mass is 216 g/mol. The highest BCUT2D eigenvalue weighted by Gasteiger charge is 2.25. The van der Waals surface area contributed by atoms with Crippen molar-refractivity contribution in [3.8, 4) is 0 Å². The van der Waals surface area contributed by atoms with Crippen molar-refractivity contribution < 1.29 is 14.6 Å². The predicted molar refractivity (Wildman–Crippen MR) is 56.7 cm³/mol. The van der Waals surface area contributed by atoms with Crippen LogP contribution in [0.2, 0.25) is 0 Å². The minimum Gasteiger partial charge on any atom is -0.444 e. The number of nitrogens with one attached hydrogen (secondary N) is 2. The zero-order chi connectivity index (χ0) is 11.5. The highest BCUT2D eigenvalue weighted by atomic mass is 16.6. The molecule has 1 amide bonds. The number of aliphatic hydroxyl groups excluding tert-OH is 1. The van der Waals surface area contributed by atoms with Crippen molar-refractivity contribution in [2.24, 2.45) is 0 Å². The average Bonchev–Trinajstić information content (AvgIpc) is 2.44. The Balaban J connectivity index is 2.22. The van der Waals surface area contributed by atoms with Crippen molar-refractivity contribution in [3.63, 3.8) is 0 Å². The van der Waals surface area contributed by atoms with Gasteiger partial charge in [0.1, 0.15) is 5.60 Å². The molecule has 1 heterocycles. The number of carbonyl (C=O) groups is 1. The quantitative estimate of drug-likeness (QED) is 0.618. The fraction of sp³-hybridized carbons (Fsp3) is 0.900. The zero-order valence-corrected chi connectivity index (χ0v) is 9.54. The van der Waals surface area contributed by atoms with Gasteiger partial charge >= 0.3 is 6.09 Å². The predicted octanol–water partition coefficient (Wildman–Crippen LogP) is 0.234. The van der Waals surface area contributed by atoms with Gasteiger partial charge in [0.25, 0.3) is 0 Å². The number of amides is 1. The number of ether oxygens (including phenoxy) is 1. The minimum absolute atomic E-state index is 0.0579. The maximum absolute atomic E-state index is 11.3. The van der Waals surface area contributed by atoms with Crippen LogP contribution in [0.5, 0.6) is 0 Å². The molecule has 3 N–H and O–H groups in total. The molecule has 2 atom stereocenters. The number of carbonyl (C=O) groups excluding carboxylic acids is 1. The van der Waals surface area contributed by atoms with Crippen LogP contribution >= 0.6 is 0 Å². The normalized spacial score (nSPS) is 26.4. The lowest BCUT2D eigenvalue weighted by Gasteiger charge is -2.21. The number of alkyl carbamates (subject to hydrolysis) is 1. The highest BCUT2D eigenvalue weighted by molar-refractivity contribution is 5.67. The van der Waals surface area contributed by atoms with Crippen LogP contribution in [0.4, 0.5) is 4.79 Å². The first kappa shape index (κ1) is 12.3. The molecular weight excluding hydrogens is 196 g/mol. The van der Waals surface area contributed by atoms with E-state index >= 15 is 0 Å². The van der Waals surface area contributed by atoms with Crippen molar-refractivity contribution in [1.29, 1.82) is 0 Å². The third-order valence-electron chi connectivity index (χ3n) is 2.18. The zero-order valence-electron chi connectivity index (χ0n) is 9.54. The molecule has 0 unspecified atom stereocenters. The van der Waals surface area contributed by atoms with Crippen molar-refractivity contribution in [2.45, 2.75) is 44.9 Å². The standard InChI is InChI=1S/C10H20N2O3/c1-10(2,3)15-9(14)12-6-7-8(13)4-5-11-7/h7-8,11,13H,4-6H2,1-3H3,(H,12,14)/t7-,8-/m0/s1. The van der Waals surface area contributed by atoms with Gasteiger partial charge in [0.2, 0.25) is 0 Å². The first-order valence-corrected chi connectivity index (χ1v) is 5.27. The SMILES string of the molecule is CC(C)(C)OC(=O)NC[C@@H]1NCC[C@@H]1O. The van der Waals surface area contributed by atoms with Crippen molar-refractivity contribution in [1.82, 2.24) is 10.6 Å². The smallest absolute Gasteiger partial charge is 0.407 e. The molecule has 5 nitrogen and oxygen atoms in total. The number of rotatable bonds is 2. The summed E-state index contributed by atoms with van der Waals surface area (Å²) in [4.78, 5) is 11.3. The van der Waals surface area contributed by atoms with Crippen LogP contribution < -0.4 is 10.6 Å². The third-order valence-corrected chi connectivity index (χ3v) is 2.18. The van der Waals surface area contributed by atoms with E-state index in [2.05, 4.69) is 10.6 Å². The Morgan fingerprint density at radius 2 is 2.27 bits per heavy atom. The van der Waals surface area contributed by atoms with Gasteiger partial charge in [-0.1, -0.05) is 0 Å². The van der Waals surface area contributed by atoms with Gasteiger partial charge in [0.15, 0.2) is 0 Å². The Morgan fingerprint density at radius 3 is 2.73 bits per heavy atom. The second kappa shape index (κ2) is 4.81. The van der Waals surface area contributed by atoms with E-state index in [1.165, 1.54) is 0 Å². The summed E-state index contributed by atoms with van der Waals surface area (Å²) in [6, 6.07) is -0.0579. The largest absolute Gasteiger partial charge is 0.444 e. The van der Waals surface area contributed by atoms with E-state index in [4.69, 9.17) is 4.74 Å². The molecule has 1 saturated heterocycles. The van der Waals surface area contributed by atoms with Gasteiger partial charge < -0.3 is 20.5 Å². The molecule has 0 radical (unpaired) electrons. The average molecular weight is 216 g/mol. The number of hydrogen-bond donors (Lipinski definition) is 3. The Hall–Kier alpha value is -0.810. The molecule has 1 fully saturated rings. The summed E-state index contributed by atoms with van der Waals surface area (Å²) in [6.07, 6.45) is -0.0796. The van der Waals surface area contributed by atoms with Gasteiger partial charge in [-0.15, -0.1) is 0 Å². The minimum atomic E-state index is -0.480. The molecule has 0 aromatic carbocycles. The maximum atomic E-state index is 11.3. The summed E-state index contributed by atoms with van der Waals surface area (Å²) in [5.41, 5.74) is -0.480. The summed E-state index contributed by atoms with van der Waals surface area (Å²) in [7, 11) is 0. The summed E-state index contributed by atoms with van der Waals surface area (Å²) < 4.78 is 5.07. The maximum Gasteiger partial charge on any atom is 0.407 e. The summed E-state index contributed by atoms with van der Waals surface area (Å²) in [6.45, 7) is 6.64. The third kappa shape index (κ3) is 4.48. The van der Waals surface area contributed by atoms with Crippen LogP contribution in [0.25, 0.3) is 0 Å². The van der Waals surface area contributed by atoms with Gasteiger partial charge in [0, 0.05) is 6.54 Å². The van der Waals surface area contributed by atoms with Crippen LogP contribution in [-0.2, 0) is 4.74 Å². The van der Waals surface area contributed by atoms with Crippen LogP contribution in [0.3, 0.4) is 0 Å². The molecule has 1 rings (SSSR count). The van der Waals surface area contributed by atoms with Gasteiger partial charge in [-0.2, -0.15) is 0 Å². The molecule has 0 aromatic heterocycles. The van der Waals surface area contributed by atoms with E-state index in [9.17, 15) is 9.90 Å². The second-order valence-corrected chi connectivity index (χ2v) is 4.80. The molecule has 0 aromatic rings. The molecule has 0 bridgehead atoms. The molecular formula is C10H20N2O3. The summed E-state index contributed by atoms with van der Waals surface area (Å²) in [5, 5.41) is 15.2. The number of aliphatic hydroxyl groups is 1. The van der Waals surface area contributed by atoms with Gasteiger partial charge in [-0.25, -0.2) is 4.79 Å². The number of hydrogen-bond acceptors (Lipinski definition) is 4. The Bertz CT molecular complexity index is 225. The lowest BCUT2D eigenvalue weighted by atomic mass is 10.2. The van der Waals surface area contributed by atoms with Gasteiger partial charge in [-0.3, -0.25) is 0 Å². The fourth-order valence-corrected chi connectivity index (χ4v) is 1.47. The fourth-order valence-electron chi connectivity index (χ4n) is 1.47. The summed E-state index contributed by atoms with van der Waals surface area (Å²) in [5.74, 6) is 0. The molecule has 0 spiro atoms. The Labute approximate surface area is 90.2 Å². The van der Waals surface area contributed by atoms with E-state index in [0.29, 0.717) is 6.54 Å². The molecule has 0 saturated carbocycles. The Morgan fingerprint density at radius 1 is 1.60 bits per heavy atom. The first-order chi connectivity index (χ1) is 6.88. The molecule has 0 aliphatic carbocycles. The topological polar surface area (TPSA) is 70.6 Å². The highest BCUT2D eigenvalue weighted by Crippen LogP contribution is 2.08. The van der Waals surface area contributed by atoms with E-state index < -0.39 is 11.7 Å². The van der Waals surface area contributed by atoms with E-state index in [1.807, 2.05) is 20.8 Å². The lowest BCUT2D eigenvalue weighted by molar-refractivity contribution is 0.0513. The van der Waals surface area contributed by atoms with Crippen LogP contribution in [-0.4, -0.2) is 42.0 Å². The van der Waals surface area contributed by atoms with Gasteiger partial charge in [0.05, 0.1) is 12.1 Å². The van der Waals surface area contributed by atoms with E-state index in [0.717, 1.165) is 13.0 Å². The van der Waals surface area contributed by atoms with Crippen molar-refractivity contribution in [3.05, 3.63) is 0 Å². The second-order valence-electron chi connectivity index (χ2n) is 4.80. The van der Waals surface area contributed by atoms with Gasteiger partial charge in [-0.05, 0) is 33.7 Å². The molecule has 88 valence electrons. The van der Waals surface area contributed by atoms with E-state index in [-0.39, 0.29) is 12.1 Å². The molecule has 15 heavy (non-hydrogen) atoms. The lowest BCUT2D eigenvalue weighted by Crippen LogP contribution is -2.43. The molecule has 1 aliphatic rings. The van der Waals surface area contributed by atoms with E-state index in [1.54, 1.807) is 0 Å².